The molecule has 0 saturated heterocycles. The third-order valence-electron chi connectivity index (χ3n) is 10.7. The summed E-state index contributed by atoms with van der Waals surface area (Å²) < 4.78 is 3.93. The van der Waals surface area contributed by atoms with Gasteiger partial charge in [-0.25, -0.2) is 35.0 Å². The number of rotatable bonds is 10. The molecule has 0 bridgehead atoms. The van der Waals surface area contributed by atoms with Crippen molar-refractivity contribution in [3.8, 4) is 22.5 Å². The molecule has 84 heavy (non-hydrogen) atoms. The van der Waals surface area contributed by atoms with E-state index in [0.717, 1.165) is 56.4 Å². The molecule has 1 amide bonds. The Bertz CT molecular complexity index is 3270. The Morgan fingerprint density at radius 2 is 0.940 bits per heavy atom. The van der Waals surface area contributed by atoms with E-state index in [-0.39, 0.29) is 11.7 Å². The molecule has 0 aliphatic carbocycles. The topological polar surface area (TPSA) is 134 Å². The number of carbonyl (C=O) groups excluding carboxylic acids is 2. The van der Waals surface area contributed by atoms with Gasteiger partial charge in [-0.1, -0.05) is 204 Å². The quantitative estimate of drug-likeness (QED) is 0.0745. The van der Waals surface area contributed by atoms with Crippen molar-refractivity contribution >= 4 is 111 Å². The van der Waals surface area contributed by atoms with Gasteiger partial charge in [0.1, 0.15) is 17.3 Å². The number of aryl methyl sites for hydroxylation is 2. The average Bonchev–Trinajstić information content (AvgIpc) is 2.95. The van der Waals surface area contributed by atoms with Gasteiger partial charge in [0, 0.05) is 65.6 Å². The van der Waals surface area contributed by atoms with E-state index in [4.69, 9.17) is 4.84 Å². The van der Waals surface area contributed by atoms with Gasteiger partial charge in [0.05, 0.1) is 48.4 Å². The normalized spacial score (nSPS) is 9.29. The number of hydrogen-bond donors (Lipinski definition) is 0. The van der Waals surface area contributed by atoms with Crippen molar-refractivity contribution in [2.75, 3.05) is 14.2 Å². The maximum atomic E-state index is 13.4. The first-order valence-electron chi connectivity index (χ1n) is 27.9. The van der Waals surface area contributed by atoms with Crippen molar-refractivity contribution < 1.29 is 37.1 Å². The molecular weight excluding hydrogens is 1650 g/mol. The second-order valence-corrected chi connectivity index (χ2v) is 43.5. The first kappa shape index (κ1) is 79.8. The van der Waals surface area contributed by atoms with Crippen LogP contribution in [0.1, 0.15) is 132 Å². The number of nitrogens with zero attached hydrogens (tertiary/aromatic N) is 9. The predicted molar refractivity (Wildman–Crippen MR) is 382 cm³/mol. The van der Waals surface area contributed by atoms with Gasteiger partial charge in [0.15, 0.2) is 0 Å². The number of ketones is 1. The molecular formula is C66H83I5N9O3V-. The minimum atomic E-state index is -0.214. The molecule has 0 spiro atoms. The van der Waals surface area contributed by atoms with Crippen LogP contribution in [-0.4, -0.2) is 69.9 Å². The van der Waals surface area contributed by atoms with E-state index in [1.807, 2.05) is 254 Å². The number of fused-ring (bicyclic) bond motifs is 2. The van der Waals surface area contributed by atoms with Gasteiger partial charge in [-0.2, -0.15) is 0 Å². The summed E-state index contributed by atoms with van der Waals surface area (Å²) in [7, 11) is 3.67. The zero-order valence-electron chi connectivity index (χ0n) is 51.4. The Labute approximate surface area is 560 Å². The maximum absolute atomic E-state index is 13.4. The van der Waals surface area contributed by atoms with E-state index in [2.05, 4.69) is 124 Å². The van der Waals surface area contributed by atoms with Crippen LogP contribution in [-0.2, 0) is 27.4 Å². The second-order valence-electron chi connectivity index (χ2n) is 15.5. The summed E-state index contributed by atoms with van der Waals surface area (Å²) >= 11 is 10.0. The van der Waals surface area contributed by atoms with Crippen molar-refractivity contribution in [3.63, 3.8) is 0 Å². The third-order valence-corrected chi connectivity index (χ3v) is 10.7. The Hall–Kier alpha value is -4.25. The summed E-state index contributed by atoms with van der Waals surface area (Å²) in [5.74, 6) is 1.11. The number of carbonyl (C=O) groups is 2. The van der Waals surface area contributed by atoms with Crippen LogP contribution in [0.15, 0.2) is 189 Å². The maximum Gasteiger partial charge on any atom is 0.0949 e. The van der Waals surface area contributed by atoms with Crippen molar-refractivity contribution in [1.82, 2.24) is 44.1 Å². The van der Waals surface area contributed by atoms with Gasteiger partial charge in [0.25, 0.3) is 5.91 Å². The van der Waals surface area contributed by atoms with Gasteiger partial charge in [0.2, 0.25) is 5.78 Å². The van der Waals surface area contributed by atoms with Crippen molar-refractivity contribution in [2.24, 2.45) is 0 Å². The molecule has 0 fully saturated rings. The van der Waals surface area contributed by atoms with Gasteiger partial charge in [-0.15, -0.1) is 0 Å². The van der Waals surface area contributed by atoms with E-state index >= 15 is 0 Å². The van der Waals surface area contributed by atoms with Crippen molar-refractivity contribution in [2.45, 2.75) is 110 Å². The number of hydrogen-bond acceptors (Lipinski definition) is 9. The van der Waals surface area contributed by atoms with E-state index in [1.54, 1.807) is 31.8 Å². The number of hydroxylamine groups is 2. The number of benzene rings is 6. The monoisotopic (exact) mass is 1740 g/mol. The predicted octanol–water partition coefficient (Wildman–Crippen LogP) is 17.0. The average molecular weight is 1740 g/mol. The Balaban J connectivity index is 0.00000114. The fraction of sp³-hybridized carbons (Fsp3) is 0.273. The molecule has 0 unspecified atom stereocenters. The molecule has 0 saturated carbocycles. The van der Waals surface area contributed by atoms with Crippen LogP contribution in [0.5, 0.6) is 0 Å². The molecule has 10 rings (SSSR count). The Kier molecular flexibility index (Phi) is 47.3. The number of imidazole rings is 2. The molecule has 4 aromatic heterocycles. The minimum absolute atomic E-state index is 0.0742. The van der Waals surface area contributed by atoms with Gasteiger partial charge >= 0.3 is 99.9 Å². The van der Waals surface area contributed by atoms with Crippen LogP contribution in [0.2, 0.25) is 0 Å². The van der Waals surface area contributed by atoms with Crippen LogP contribution in [0.3, 0.4) is 0 Å². The smallest absolute Gasteiger partial charge is 0.0949 e. The van der Waals surface area contributed by atoms with E-state index in [9.17, 15) is 9.59 Å². The molecule has 12 nitrogen and oxygen atoms in total. The van der Waals surface area contributed by atoms with Crippen molar-refractivity contribution in [1.29, 1.82) is 0 Å². The van der Waals surface area contributed by atoms with Crippen LogP contribution in [0, 0.1) is 13.8 Å². The zero-order valence-corrected chi connectivity index (χ0v) is 63.6. The summed E-state index contributed by atoms with van der Waals surface area (Å²) in [5, 5.41) is 2.90. The first-order chi connectivity index (χ1) is 41.1. The summed E-state index contributed by atoms with van der Waals surface area (Å²) in [5.41, 5.74) is 9.37. The molecule has 18 heteroatoms. The first-order valence-corrected chi connectivity index (χ1v) is 49.5. The molecule has 451 valence electrons. The molecule has 0 aliphatic heterocycles. The molecule has 6 aromatic carbocycles. The van der Waals surface area contributed by atoms with Crippen LogP contribution < -0.4 is 13.3 Å². The molecule has 0 radical (unpaired) electrons. The molecule has 0 atom stereocenters. The Morgan fingerprint density at radius 3 is 1.35 bits per heavy atom. The standard InChI is InChI=1S/C26H20N4O.C18H17N3O2.C10H10N2.6C2H6.I3.2HI.V/c1-18-28-23-13-12-21(14-22(23)25(29-18)20-10-6-3-7-11-20)26(31)24-15-27-17-30(24)16-19-8-4-2-5-9-19;1-12-19-16-10-9-14(18(22)21(2)23-3)11-15(16)17(20-12)13-7-5-4-6-8-13;1-2-4-10(5-3-1)8-12-7-6-11-9-12;6*1-2;1-3-2;;;/h2-15,17H,16H2,1H3;4-11H,1-3H3;1-7,9H,8H2;6*1-2H3;;2*1H;/q;;;;;;;;;-1;;;+2/p-2. The van der Waals surface area contributed by atoms with E-state index in [0.29, 0.717) is 57.7 Å². The summed E-state index contributed by atoms with van der Waals surface area (Å²) in [6.07, 6.45) is 8.91. The fourth-order valence-corrected chi connectivity index (χ4v) is 7.40. The third kappa shape index (κ3) is 27.6. The SMILES string of the molecule is CC.CC.CC.CC.CC.CC.CON(C)C(=O)c1ccc2nc(C)nc(-c3ccccc3)c2c1.Cc1nc(-c2ccccc2)c2cc(C(=O)c3cncn3Cc3ccccc3)ccc2n1.I[I-]I.[I][V][I].c1ccc(Cn2ccnc2)cc1. The molecule has 0 N–H and O–H groups in total. The van der Waals surface area contributed by atoms with Crippen molar-refractivity contribution in [3.05, 3.63) is 229 Å². The Morgan fingerprint density at radius 1 is 0.548 bits per heavy atom. The second kappa shape index (κ2) is 49.8. The van der Waals surface area contributed by atoms with E-state index in [1.165, 1.54) is 17.7 Å². The summed E-state index contributed by atoms with van der Waals surface area (Å²) in [4.78, 5) is 57.1. The van der Waals surface area contributed by atoms with Gasteiger partial charge in [-0.3, -0.25) is 14.4 Å². The van der Waals surface area contributed by atoms with Crippen LogP contribution >= 0.6 is 77.2 Å². The largest absolute Gasteiger partial charge is 0.333 e. The van der Waals surface area contributed by atoms with E-state index < -0.39 is 0 Å². The van der Waals surface area contributed by atoms with Gasteiger partial charge < -0.3 is 9.13 Å². The molecule has 4 heterocycles. The minimum Gasteiger partial charge on any atom is -0.333 e. The van der Waals surface area contributed by atoms with Gasteiger partial charge in [-0.05, 0) is 61.4 Å². The fourth-order valence-electron chi connectivity index (χ4n) is 7.40. The zero-order chi connectivity index (χ0) is 63.2. The molecule has 10 aromatic rings. The summed E-state index contributed by atoms with van der Waals surface area (Å²) in [6.45, 7) is 29.2. The van der Waals surface area contributed by atoms with Crippen LogP contribution in [0.25, 0.3) is 44.3 Å². The number of halogens is 5. The summed E-state index contributed by atoms with van der Waals surface area (Å²) in [6, 6.07) is 51.2. The molecule has 0 aliphatic rings. The van der Waals surface area contributed by atoms with Crippen LogP contribution in [0.4, 0.5) is 0 Å². The number of amides is 1. The number of aromatic nitrogens is 8.